The molecule has 0 unspecified atom stereocenters. The lowest BCUT2D eigenvalue weighted by atomic mass is 9.85. The number of hydrogen-bond acceptors (Lipinski definition) is 7. The van der Waals surface area contributed by atoms with E-state index < -0.39 is 5.60 Å². The molecule has 0 bridgehead atoms. The number of aromatic nitrogens is 2. The maximum Gasteiger partial charge on any atom is 0.253 e. The van der Waals surface area contributed by atoms with Crippen molar-refractivity contribution >= 4 is 16.8 Å². The van der Waals surface area contributed by atoms with Crippen LogP contribution in [0.2, 0.25) is 0 Å². The number of methoxy groups -OCH3 is 4. The van der Waals surface area contributed by atoms with Gasteiger partial charge in [-0.05, 0) is 43.2 Å². The Kier molecular flexibility index (Phi) is 6.14. The molecule has 0 saturated carbocycles. The summed E-state index contributed by atoms with van der Waals surface area (Å²) in [7, 11) is 6.49. The Balaban J connectivity index is 1.61. The quantitative estimate of drug-likeness (QED) is 0.584. The molecule has 1 aliphatic heterocycles. The van der Waals surface area contributed by atoms with E-state index in [0.29, 0.717) is 43.0 Å². The van der Waals surface area contributed by atoms with Crippen molar-refractivity contribution in [2.45, 2.75) is 18.4 Å². The van der Waals surface area contributed by atoms with E-state index in [1.54, 1.807) is 59.0 Å². The molecule has 1 amide bonds. The third-order valence-electron chi connectivity index (χ3n) is 6.16. The SMILES string of the molecule is COc1ccc(C(=O)N2CCC(OC)(c3ncnc4cc(OC)c(OC)cc34)CC2)cc1. The van der Waals surface area contributed by atoms with Gasteiger partial charge in [-0.15, -0.1) is 0 Å². The molecule has 2 aromatic carbocycles. The molecule has 8 nitrogen and oxygen atoms in total. The zero-order valence-electron chi connectivity index (χ0n) is 18.8. The number of ether oxygens (including phenoxy) is 4. The van der Waals surface area contributed by atoms with Crippen LogP contribution in [0.5, 0.6) is 17.2 Å². The third-order valence-corrected chi connectivity index (χ3v) is 6.16. The van der Waals surface area contributed by atoms with Crippen LogP contribution in [-0.2, 0) is 10.3 Å². The van der Waals surface area contributed by atoms with Crippen molar-refractivity contribution in [2.75, 3.05) is 41.5 Å². The topological polar surface area (TPSA) is 83.0 Å². The summed E-state index contributed by atoms with van der Waals surface area (Å²) >= 11 is 0. The van der Waals surface area contributed by atoms with Gasteiger partial charge in [0.2, 0.25) is 0 Å². The number of benzene rings is 2. The van der Waals surface area contributed by atoms with Crippen molar-refractivity contribution in [3.05, 3.63) is 54.0 Å². The lowest BCUT2D eigenvalue weighted by Crippen LogP contribution is -2.46. The number of nitrogens with zero attached hydrogens (tertiary/aromatic N) is 3. The fourth-order valence-electron chi connectivity index (χ4n) is 4.27. The second-order valence-corrected chi connectivity index (χ2v) is 7.67. The molecule has 1 aliphatic rings. The molecule has 0 N–H and O–H groups in total. The second kappa shape index (κ2) is 9.00. The minimum Gasteiger partial charge on any atom is -0.497 e. The van der Waals surface area contributed by atoms with Crippen molar-refractivity contribution in [2.24, 2.45) is 0 Å². The van der Waals surface area contributed by atoms with E-state index in [0.717, 1.165) is 22.3 Å². The maximum absolute atomic E-state index is 13.0. The number of rotatable bonds is 6. The van der Waals surface area contributed by atoms with E-state index in [-0.39, 0.29) is 5.91 Å². The van der Waals surface area contributed by atoms with Crippen LogP contribution in [0.15, 0.2) is 42.7 Å². The zero-order valence-corrected chi connectivity index (χ0v) is 18.8. The van der Waals surface area contributed by atoms with Gasteiger partial charge in [0.1, 0.15) is 17.7 Å². The molecule has 4 rings (SSSR count). The summed E-state index contributed by atoms with van der Waals surface area (Å²) in [6.07, 6.45) is 2.77. The fourth-order valence-corrected chi connectivity index (χ4v) is 4.27. The minimum atomic E-state index is -0.628. The molecule has 3 aromatic rings. The number of likely N-dealkylation sites (tertiary alicyclic amines) is 1. The van der Waals surface area contributed by atoms with Gasteiger partial charge in [-0.1, -0.05) is 0 Å². The molecule has 0 atom stereocenters. The van der Waals surface area contributed by atoms with Gasteiger partial charge in [0, 0.05) is 37.2 Å². The molecule has 0 radical (unpaired) electrons. The number of fused-ring (bicyclic) bond motifs is 1. The number of hydrogen-bond donors (Lipinski definition) is 0. The fraction of sp³-hybridized carbons (Fsp3) is 0.375. The Hall–Kier alpha value is -3.39. The molecule has 168 valence electrons. The van der Waals surface area contributed by atoms with Crippen molar-refractivity contribution in [1.82, 2.24) is 14.9 Å². The van der Waals surface area contributed by atoms with Crippen LogP contribution in [0, 0.1) is 0 Å². The lowest BCUT2D eigenvalue weighted by Gasteiger charge is -2.40. The highest BCUT2D eigenvalue weighted by Crippen LogP contribution is 2.41. The number of piperidine rings is 1. The van der Waals surface area contributed by atoms with Crippen LogP contribution in [0.4, 0.5) is 0 Å². The smallest absolute Gasteiger partial charge is 0.253 e. The van der Waals surface area contributed by atoms with Gasteiger partial charge in [0.15, 0.2) is 11.5 Å². The molecule has 1 aromatic heterocycles. The van der Waals surface area contributed by atoms with E-state index in [2.05, 4.69) is 9.97 Å². The van der Waals surface area contributed by atoms with Gasteiger partial charge in [0.05, 0.1) is 32.5 Å². The average molecular weight is 437 g/mol. The highest BCUT2D eigenvalue weighted by molar-refractivity contribution is 5.94. The molecule has 2 heterocycles. The number of carbonyl (C=O) groups is 1. The summed E-state index contributed by atoms with van der Waals surface area (Å²) < 4.78 is 22.1. The van der Waals surface area contributed by atoms with Crippen LogP contribution < -0.4 is 14.2 Å². The van der Waals surface area contributed by atoms with Crippen LogP contribution in [0.3, 0.4) is 0 Å². The van der Waals surface area contributed by atoms with Gasteiger partial charge >= 0.3 is 0 Å². The van der Waals surface area contributed by atoms with Crippen molar-refractivity contribution in [3.63, 3.8) is 0 Å². The van der Waals surface area contributed by atoms with Crippen molar-refractivity contribution < 1.29 is 23.7 Å². The van der Waals surface area contributed by atoms with E-state index in [4.69, 9.17) is 18.9 Å². The molecule has 1 fully saturated rings. The first-order valence-electron chi connectivity index (χ1n) is 10.4. The first-order valence-corrected chi connectivity index (χ1v) is 10.4. The maximum atomic E-state index is 13.0. The Labute approximate surface area is 187 Å². The Bertz CT molecular complexity index is 1110. The van der Waals surface area contributed by atoms with Crippen molar-refractivity contribution in [3.8, 4) is 17.2 Å². The van der Waals surface area contributed by atoms with Crippen molar-refractivity contribution in [1.29, 1.82) is 0 Å². The molecule has 0 aliphatic carbocycles. The molecular formula is C24H27N3O5. The Morgan fingerprint density at radius 3 is 2.16 bits per heavy atom. The van der Waals surface area contributed by atoms with Gasteiger partial charge in [-0.3, -0.25) is 4.79 Å². The molecule has 32 heavy (non-hydrogen) atoms. The predicted octanol–water partition coefficient (Wildman–Crippen LogP) is 3.43. The van der Waals surface area contributed by atoms with E-state index >= 15 is 0 Å². The molecule has 1 saturated heterocycles. The van der Waals surface area contributed by atoms with Gasteiger partial charge < -0.3 is 23.8 Å². The summed E-state index contributed by atoms with van der Waals surface area (Å²) in [5, 5.41) is 0.849. The molecule has 0 spiro atoms. The molecule has 8 heteroatoms. The normalized spacial score (nSPS) is 15.4. The van der Waals surface area contributed by atoms with Crippen LogP contribution in [-0.4, -0.2) is 62.3 Å². The Morgan fingerprint density at radius 1 is 0.906 bits per heavy atom. The molecular weight excluding hydrogens is 410 g/mol. The van der Waals surface area contributed by atoms with Gasteiger partial charge in [0.25, 0.3) is 5.91 Å². The monoisotopic (exact) mass is 437 g/mol. The summed E-state index contributed by atoms with van der Waals surface area (Å²) in [5.74, 6) is 1.93. The summed E-state index contributed by atoms with van der Waals surface area (Å²) in [4.78, 5) is 23.9. The largest absolute Gasteiger partial charge is 0.497 e. The number of carbonyl (C=O) groups excluding carboxylic acids is 1. The van der Waals surface area contributed by atoms with Crippen LogP contribution >= 0.6 is 0 Å². The highest BCUT2D eigenvalue weighted by Gasteiger charge is 2.40. The summed E-state index contributed by atoms with van der Waals surface area (Å²) in [5.41, 5.74) is 1.56. The predicted molar refractivity (Wildman–Crippen MR) is 119 cm³/mol. The van der Waals surface area contributed by atoms with Crippen LogP contribution in [0.25, 0.3) is 10.9 Å². The summed E-state index contributed by atoms with van der Waals surface area (Å²) in [6, 6.07) is 10.9. The zero-order chi connectivity index (χ0) is 22.7. The minimum absolute atomic E-state index is 0.00342. The van der Waals surface area contributed by atoms with E-state index in [9.17, 15) is 4.79 Å². The summed E-state index contributed by atoms with van der Waals surface area (Å²) in [6.45, 7) is 1.11. The highest BCUT2D eigenvalue weighted by atomic mass is 16.5. The van der Waals surface area contributed by atoms with E-state index in [1.165, 1.54) is 0 Å². The number of amides is 1. The first-order chi connectivity index (χ1) is 15.5. The Morgan fingerprint density at radius 2 is 1.56 bits per heavy atom. The van der Waals surface area contributed by atoms with Gasteiger partial charge in [-0.25, -0.2) is 9.97 Å². The third kappa shape index (κ3) is 3.82. The lowest BCUT2D eigenvalue weighted by molar-refractivity contribution is -0.0594. The van der Waals surface area contributed by atoms with E-state index in [1.807, 2.05) is 17.0 Å². The van der Waals surface area contributed by atoms with Gasteiger partial charge in [-0.2, -0.15) is 0 Å². The van der Waals surface area contributed by atoms with Crippen LogP contribution in [0.1, 0.15) is 28.9 Å². The first kappa shape index (κ1) is 21.8. The standard InChI is InChI=1S/C24H27N3O5/c1-29-17-7-5-16(6-8-17)23(28)27-11-9-24(32-4,10-12-27)22-18-13-20(30-2)21(31-3)14-19(18)25-15-26-22/h5-8,13-15H,9-12H2,1-4H3. The average Bonchev–Trinajstić information content (AvgIpc) is 2.87. The second-order valence-electron chi connectivity index (χ2n) is 7.67.